The molecular weight excluding hydrogens is 472 g/mol. The molecule has 3 N–H and O–H groups in total. The Bertz CT molecular complexity index is 1050. The molecule has 0 bridgehead atoms. The number of phenolic OH excluding ortho intramolecular Hbond substituents is 1. The van der Waals surface area contributed by atoms with Gasteiger partial charge in [-0.15, -0.1) is 0 Å². The monoisotopic (exact) mass is 512 g/mol. The van der Waals surface area contributed by atoms with Crippen molar-refractivity contribution < 1.29 is 28.9 Å². The van der Waals surface area contributed by atoms with Gasteiger partial charge in [-0.05, 0) is 72.6 Å². The van der Waals surface area contributed by atoms with E-state index in [-0.39, 0.29) is 29.7 Å². The molecular formula is C29H40N2O6. The number of benzene rings is 1. The molecule has 1 aromatic heterocycles. The van der Waals surface area contributed by atoms with Crippen molar-refractivity contribution in [2.45, 2.75) is 90.3 Å². The largest absolute Gasteiger partial charge is 0.504 e. The summed E-state index contributed by atoms with van der Waals surface area (Å²) in [5, 5.41) is 10.4. The molecule has 1 saturated carbocycles. The molecule has 1 aliphatic carbocycles. The van der Waals surface area contributed by atoms with Crippen LogP contribution in [0.2, 0.25) is 0 Å². The summed E-state index contributed by atoms with van der Waals surface area (Å²) in [4.78, 5) is 28.1. The standard InChI is InChI=1S/C29H40N2O6/c1-19(32)36-24(17-27(37-20(2)33)21-9-7-5-4-6-8-10-21)12-11-22-15-28(35-3)26(34)18-25(22)23-13-14-31-29(30)16-23/h13-16,18,21,24,27,34H,4-12,17H2,1-3H3,(H2,30,31). The smallest absolute Gasteiger partial charge is 0.302 e. The minimum Gasteiger partial charge on any atom is -0.504 e. The first-order chi connectivity index (χ1) is 17.8. The van der Waals surface area contributed by atoms with Crippen LogP contribution in [-0.2, 0) is 25.5 Å². The summed E-state index contributed by atoms with van der Waals surface area (Å²) in [6.07, 6.45) is 10.3. The molecule has 0 amide bonds. The van der Waals surface area contributed by atoms with Crippen LogP contribution in [0.4, 0.5) is 5.82 Å². The van der Waals surface area contributed by atoms with Gasteiger partial charge in [-0.1, -0.05) is 32.1 Å². The number of hydrogen-bond acceptors (Lipinski definition) is 8. The van der Waals surface area contributed by atoms with Gasteiger partial charge in [-0.25, -0.2) is 4.98 Å². The zero-order valence-corrected chi connectivity index (χ0v) is 22.2. The number of aryl methyl sites for hydroxylation is 1. The lowest BCUT2D eigenvalue weighted by atomic mass is 9.84. The van der Waals surface area contributed by atoms with Crippen molar-refractivity contribution in [1.82, 2.24) is 4.98 Å². The number of carbonyl (C=O) groups excluding carboxylic acids is 2. The summed E-state index contributed by atoms with van der Waals surface area (Å²) in [7, 11) is 1.50. The van der Waals surface area contributed by atoms with Gasteiger partial charge in [0.05, 0.1) is 7.11 Å². The molecule has 8 nitrogen and oxygen atoms in total. The van der Waals surface area contributed by atoms with Crippen molar-refractivity contribution in [3.63, 3.8) is 0 Å². The number of nitrogens with zero attached hydrogens (tertiary/aromatic N) is 1. The van der Waals surface area contributed by atoms with Gasteiger partial charge >= 0.3 is 11.9 Å². The van der Waals surface area contributed by atoms with E-state index in [0.29, 0.717) is 30.8 Å². The molecule has 0 aliphatic heterocycles. The van der Waals surface area contributed by atoms with Crippen molar-refractivity contribution in [2.75, 3.05) is 12.8 Å². The van der Waals surface area contributed by atoms with Gasteiger partial charge in [0.2, 0.25) is 0 Å². The second-order valence-corrected chi connectivity index (χ2v) is 9.91. The van der Waals surface area contributed by atoms with E-state index in [1.165, 1.54) is 40.2 Å². The molecule has 2 aromatic rings. The lowest BCUT2D eigenvalue weighted by Gasteiger charge is -2.31. The maximum absolute atomic E-state index is 12.0. The summed E-state index contributed by atoms with van der Waals surface area (Å²) in [6.45, 7) is 2.84. The molecule has 8 heteroatoms. The average molecular weight is 513 g/mol. The molecule has 0 spiro atoms. The van der Waals surface area contributed by atoms with Gasteiger partial charge in [-0.3, -0.25) is 9.59 Å². The summed E-state index contributed by atoms with van der Waals surface area (Å²) < 4.78 is 16.9. The molecule has 0 radical (unpaired) electrons. The number of nitrogen functional groups attached to an aromatic ring is 1. The number of ether oxygens (including phenoxy) is 3. The third-order valence-electron chi connectivity index (χ3n) is 7.05. The molecule has 1 aromatic carbocycles. The molecule has 1 heterocycles. The minimum atomic E-state index is -0.428. The predicted molar refractivity (Wildman–Crippen MR) is 142 cm³/mol. The number of hydrogen-bond donors (Lipinski definition) is 2. The fourth-order valence-electron chi connectivity index (χ4n) is 5.31. The maximum Gasteiger partial charge on any atom is 0.302 e. The average Bonchev–Trinajstić information content (AvgIpc) is 2.81. The highest BCUT2D eigenvalue weighted by atomic mass is 16.6. The van der Waals surface area contributed by atoms with Crippen LogP contribution < -0.4 is 10.5 Å². The topological polar surface area (TPSA) is 121 Å². The van der Waals surface area contributed by atoms with Gasteiger partial charge < -0.3 is 25.1 Å². The van der Waals surface area contributed by atoms with Gasteiger partial charge in [0.15, 0.2) is 11.5 Å². The summed E-state index contributed by atoms with van der Waals surface area (Å²) in [6, 6.07) is 7.03. The number of anilines is 1. The fraction of sp³-hybridized carbons (Fsp3) is 0.552. The number of aromatic nitrogens is 1. The van der Waals surface area contributed by atoms with Crippen molar-refractivity contribution in [3.05, 3.63) is 36.0 Å². The minimum absolute atomic E-state index is 0.0207. The second kappa shape index (κ2) is 13.9. The first-order valence-electron chi connectivity index (χ1n) is 13.2. The van der Waals surface area contributed by atoms with Gasteiger partial charge in [-0.2, -0.15) is 0 Å². The number of aromatic hydroxyl groups is 1. The van der Waals surface area contributed by atoms with Crippen LogP contribution in [0.25, 0.3) is 11.1 Å². The predicted octanol–water partition coefficient (Wildman–Crippen LogP) is 5.59. The van der Waals surface area contributed by atoms with E-state index >= 15 is 0 Å². The quantitative estimate of drug-likeness (QED) is 0.395. The Balaban J connectivity index is 1.84. The number of pyridine rings is 1. The number of carbonyl (C=O) groups is 2. The Morgan fingerprint density at radius 3 is 2.35 bits per heavy atom. The van der Waals surface area contributed by atoms with Crippen LogP contribution in [-0.4, -0.2) is 41.3 Å². The molecule has 1 fully saturated rings. The molecule has 2 unspecified atom stereocenters. The highest BCUT2D eigenvalue weighted by Gasteiger charge is 2.29. The Labute approximate surface area is 219 Å². The normalized spacial score (nSPS) is 16.2. The Hall–Kier alpha value is -3.29. The first-order valence-corrected chi connectivity index (χ1v) is 13.2. The molecule has 3 rings (SSSR count). The Kier molecular flexibility index (Phi) is 10.6. The van der Waals surface area contributed by atoms with E-state index in [9.17, 15) is 14.7 Å². The molecule has 0 saturated heterocycles. The maximum atomic E-state index is 12.0. The van der Waals surface area contributed by atoms with Gasteiger partial charge in [0.1, 0.15) is 18.0 Å². The SMILES string of the molecule is COc1cc(CCC(CC(OC(C)=O)C2CCCCCCC2)OC(C)=O)c(-c2ccnc(N)c2)cc1O. The third-order valence-corrected chi connectivity index (χ3v) is 7.05. The molecule has 1 aliphatic rings. The van der Waals surface area contributed by atoms with Crippen LogP contribution >= 0.6 is 0 Å². The van der Waals surface area contributed by atoms with Gasteiger partial charge in [0, 0.05) is 26.5 Å². The number of phenols is 1. The first kappa shape index (κ1) is 28.3. The number of rotatable bonds is 10. The molecule has 202 valence electrons. The van der Waals surface area contributed by atoms with Crippen LogP contribution in [0.15, 0.2) is 30.5 Å². The zero-order chi connectivity index (χ0) is 26.8. The van der Waals surface area contributed by atoms with Crippen molar-refractivity contribution >= 4 is 17.8 Å². The van der Waals surface area contributed by atoms with E-state index in [1.54, 1.807) is 24.4 Å². The second-order valence-electron chi connectivity index (χ2n) is 9.91. The number of esters is 2. The number of methoxy groups -OCH3 is 1. The molecule has 37 heavy (non-hydrogen) atoms. The highest BCUT2D eigenvalue weighted by Crippen LogP contribution is 2.37. The summed E-state index contributed by atoms with van der Waals surface area (Å²) in [5.41, 5.74) is 8.43. The fourth-order valence-corrected chi connectivity index (χ4v) is 5.31. The highest BCUT2D eigenvalue weighted by molar-refractivity contribution is 5.72. The van der Waals surface area contributed by atoms with Crippen LogP contribution in [0.3, 0.4) is 0 Å². The van der Waals surface area contributed by atoms with E-state index < -0.39 is 6.10 Å². The van der Waals surface area contributed by atoms with Crippen molar-refractivity contribution in [3.8, 4) is 22.6 Å². The van der Waals surface area contributed by atoms with E-state index in [4.69, 9.17) is 19.9 Å². The van der Waals surface area contributed by atoms with Crippen molar-refractivity contribution in [2.24, 2.45) is 5.92 Å². The van der Waals surface area contributed by atoms with Gasteiger partial charge in [0.25, 0.3) is 0 Å². The Morgan fingerprint density at radius 1 is 1.05 bits per heavy atom. The summed E-state index contributed by atoms with van der Waals surface area (Å²) >= 11 is 0. The third kappa shape index (κ3) is 8.65. The van der Waals surface area contributed by atoms with E-state index in [2.05, 4.69) is 4.98 Å². The van der Waals surface area contributed by atoms with Crippen LogP contribution in [0.1, 0.15) is 77.2 Å². The van der Waals surface area contributed by atoms with E-state index in [0.717, 1.165) is 42.4 Å². The summed E-state index contributed by atoms with van der Waals surface area (Å²) in [5.74, 6) is 0.333. The lowest BCUT2D eigenvalue weighted by molar-refractivity contribution is -0.156. The zero-order valence-electron chi connectivity index (χ0n) is 22.2. The van der Waals surface area contributed by atoms with Crippen molar-refractivity contribution in [1.29, 1.82) is 0 Å². The van der Waals surface area contributed by atoms with Crippen LogP contribution in [0.5, 0.6) is 11.5 Å². The molecule has 2 atom stereocenters. The lowest BCUT2D eigenvalue weighted by Crippen LogP contribution is -2.33. The van der Waals surface area contributed by atoms with Crippen LogP contribution in [0, 0.1) is 5.92 Å². The Morgan fingerprint density at radius 2 is 1.73 bits per heavy atom. The number of nitrogens with two attached hydrogens (primary N) is 1. The van der Waals surface area contributed by atoms with E-state index in [1.807, 2.05) is 6.07 Å².